The van der Waals surface area contributed by atoms with Gasteiger partial charge in [0.2, 0.25) is 0 Å². The summed E-state index contributed by atoms with van der Waals surface area (Å²) in [5.41, 5.74) is -0.0668. The summed E-state index contributed by atoms with van der Waals surface area (Å²) in [7, 11) is -0.680. The monoisotopic (exact) mass is 283 g/mol. The Morgan fingerprint density at radius 3 is 2.79 bits per heavy atom. The summed E-state index contributed by atoms with van der Waals surface area (Å²) >= 11 is 0. The normalized spacial score (nSPS) is 23.5. The molecule has 0 amide bonds. The van der Waals surface area contributed by atoms with Gasteiger partial charge in [-0.25, -0.2) is 4.98 Å². The van der Waals surface area contributed by atoms with E-state index in [1.54, 1.807) is 17.0 Å². The fourth-order valence-electron chi connectivity index (χ4n) is 2.21. The molecule has 0 unspecified atom stereocenters. The maximum Gasteiger partial charge on any atom is 0.293 e. The summed E-state index contributed by atoms with van der Waals surface area (Å²) in [4.78, 5) is 16.4. The van der Waals surface area contributed by atoms with Crippen LogP contribution < -0.4 is 10.9 Å². The maximum absolute atomic E-state index is 12.2. The van der Waals surface area contributed by atoms with Crippen molar-refractivity contribution in [3.63, 3.8) is 0 Å². The molecule has 0 spiro atoms. The smallest absolute Gasteiger partial charge is 0.293 e. The molecule has 5 nitrogen and oxygen atoms in total. The van der Waals surface area contributed by atoms with Crippen LogP contribution in [0.25, 0.3) is 0 Å². The van der Waals surface area contributed by atoms with E-state index in [-0.39, 0.29) is 11.6 Å². The molecule has 6 heteroatoms. The first kappa shape index (κ1) is 14.2. The average molecular weight is 283 g/mol. The van der Waals surface area contributed by atoms with E-state index in [9.17, 15) is 9.00 Å². The fourth-order valence-corrected chi connectivity index (χ4v) is 3.51. The van der Waals surface area contributed by atoms with E-state index in [0.717, 1.165) is 12.8 Å². The second-order valence-electron chi connectivity index (χ2n) is 5.39. The first-order chi connectivity index (χ1) is 9.06. The van der Waals surface area contributed by atoms with Crippen LogP contribution in [-0.2, 0) is 17.3 Å². The molecule has 0 aliphatic carbocycles. The van der Waals surface area contributed by atoms with Crippen molar-refractivity contribution in [2.24, 2.45) is 5.92 Å². The zero-order chi connectivity index (χ0) is 13.8. The van der Waals surface area contributed by atoms with E-state index in [2.05, 4.69) is 24.1 Å². The summed E-state index contributed by atoms with van der Waals surface area (Å²) in [5.74, 6) is 2.26. The molecule has 2 heterocycles. The van der Waals surface area contributed by atoms with E-state index in [1.165, 1.54) is 0 Å². The number of rotatable bonds is 4. The largest absolute Gasteiger partial charge is 0.363 e. The van der Waals surface area contributed by atoms with Gasteiger partial charge in [0.1, 0.15) is 0 Å². The predicted octanol–water partition coefficient (Wildman–Crippen LogP) is 1.22. The second kappa shape index (κ2) is 6.32. The third-order valence-corrected chi connectivity index (χ3v) is 4.59. The van der Waals surface area contributed by atoms with Gasteiger partial charge in [-0.15, -0.1) is 0 Å². The van der Waals surface area contributed by atoms with E-state index >= 15 is 0 Å². The molecule has 2 rings (SSSR count). The van der Waals surface area contributed by atoms with Crippen LogP contribution >= 0.6 is 0 Å². The van der Waals surface area contributed by atoms with Gasteiger partial charge in [-0.1, -0.05) is 13.8 Å². The lowest BCUT2D eigenvalue weighted by Crippen LogP contribution is -2.34. The Morgan fingerprint density at radius 1 is 1.47 bits per heavy atom. The highest BCUT2D eigenvalue weighted by atomic mass is 32.2. The van der Waals surface area contributed by atoms with Gasteiger partial charge in [-0.2, -0.15) is 0 Å². The van der Waals surface area contributed by atoms with Gasteiger partial charge in [-0.05, 0) is 18.8 Å². The van der Waals surface area contributed by atoms with Crippen LogP contribution in [0.15, 0.2) is 17.2 Å². The van der Waals surface area contributed by atoms with Crippen molar-refractivity contribution < 1.29 is 4.21 Å². The highest BCUT2D eigenvalue weighted by molar-refractivity contribution is 7.85. The molecule has 0 saturated carbocycles. The molecule has 0 bridgehead atoms. The van der Waals surface area contributed by atoms with Crippen molar-refractivity contribution in [2.75, 3.05) is 16.8 Å². The molecule has 1 fully saturated rings. The Hall–Kier alpha value is -1.17. The van der Waals surface area contributed by atoms with Crippen LogP contribution in [0.2, 0.25) is 0 Å². The molecule has 0 aromatic carbocycles. The Bertz CT molecular complexity index is 503. The van der Waals surface area contributed by atoms with E-state index in [0.29, 0.717) is 29.8 Å². The fraction of sp³-hybridized carbons (Fsp3) is 0.692. The first-order valence-corrected chi connectivity index (χ1v) is 8.22. The van der Waals surface area contributed by atoms with Crippen LogP contribution in [0, 0.1) is 5.92 Å². The highest BCUT2D eigenvalue weighted by Crippen LogP contribution is 2.12. The van der Waals surface area contributed by atoms with Gasteiger partial charge in [0, 0.05) is 47.3 Å². The molecule has 1 N–H and O–H groups in total. The Morgan fingerprint density at radius 2 is 2.16 bits per heavy atom. The Balaban J connectivity index is 2.08. The zero-order valence-electron chi connectivity index (χ0n) is 11.5. The van der Waals surface area contributed by atoms with Crippen molar-refractivity contribution >= 4 is 16.6 Å². The van der Waals surface area contributed by atoms with E-state index < -0.39 is 10.8 Å². The second-order valence-corrected chi connectivity index (χ2v) is 7.09. The topological polar surface area (TPSA) is 64.0 Å². The molecular weight excluding hydrogens is 262 g/mol. The summed E-state index contributed by atoms with van der Waals surface area (Å²) in [6.07, 6.45) is 5.07. The van der Waals surface area contributed by atoms with Crippen LogP contribution in [0.1, 0.15) is 26.7 Å². The number of nitrogens with one attached hydrogen (secondary N) is 1. The number of aromatic nitrogens is 2. The predicted molar refractivity (Wildman–Crippen MR) is 77.9 cm³/mol. The molecule has 0 atom stereocenters. The van der Waals surface area contributed by atoms with E-state index in [1.807, 2.05) is 0 Å². The number of hydrogen-bond donors (Lipinski definition) is 1. The average Bonchev–Trinajstić information content (AvgIpc) is 2.36. The summed E-state index contributed by atoms with van der Waals surface area (Å²) in [6, 6.07) is 0.216. The summed E-state index contributed by atoms with van der Waals surface area (Å²) in [5, 5.41) is 3.20. The molecule has 1 aromatic rings. The number of nitrogens with zero attached hydrogens (tertiary/aromatic N) is 2. The van der Waals surface area contributed by atoms with Crippen LogP contribution in [0.3, 0.4) is 0 Å². The standard InChI is InChI=1S/C13H21N3O2S/c1-10(2)9-16-6-5-14-12(13(16)17)15-11-3-7-19(18)8-4-11/h5-6,10-11H,3-4,7-9H2,1-2H3,(H,14,15). The lowest BCUT2D eigenvalue weighted by atomic mass is 10.1. The third kappa shape index (κ3) is 3.89. The summed E-state index contributed by atoms with van der Waals surface area (Å²) in [6.45, 7) is 4.86. The maximum atomic E-state index is 12.2. The molecule has 1 aliphatic heterocycles. The molecule has 1 aliphatic rings. The Labute approximate surface area is 115 Å². The minimum absolute atomic E-state index is 0.0668. The van der Waals surface area contributed by atoms with Crippen LogP contribution in [0.5, 0.6) is 0 Å². The minimum Gasteiger partial charge on any atom is -0.363 e. The highest BCUT2D eigenvalue weighted by Gasteiger charge is 2.19. The third-order valence-electron chi connectivity index (χ3n) is 3.20. The molecule has 1 saturated heterocycles. The lowest BCUT2D eigenvalue weighted by Gasteiger charge is -2.23. The van der Waals surface area contributed by atoms with Gasteiger partial charge in [0.05, 0.1) is 0 Å². The molecule has 1 aromatic heterocycles. The van der Waals surface area contributed by atoms with Crippen molar-refractivity contribution in [3.05, 3.63) is 22.7 Å². The molecule has 0 radical (unpaired) electrons. The number of hydrogen-bond acceptors (Lipinski definition) is 4. The molecule has 106 valence electrons. The van der Waals surface area contributed by atoms with Gasteiger partial charge >= 0.3 is 0 Å². The van der Waals surface area contributed by atoms with Gasteiger partial charge < -0.3 is 9.88 Å². The van der Waals surface area contributed by atoms with Crippen LogP contribution in [0.4, 0.5) is 5.82 Å². The van der Waals surface area contributed by atoms with Crippen molar-refractivity contribution in [2.45, 2.75) is 39.3 Å². The number of anilines is 1. The van der Waals surface area contributed by atoms with Crippen molar-refractivity contribution in [1.29, 1.82) is 0 Å². The van der Waals surface area contributed by atoms with Crippen molar-refractivity contribution in [1.82, 2.24) is 9.55 Å². The van der Waals surface area contributed by atoms with Gasteiger partial charge in [0.15, 0.2) is 5.82 Å². The van der Waals surface area contributed by atoms with Crippen molar-refractivity contribution in [3.8, 4) is 0 Å². The molecule has 19 heavy (non-hydrogen) atoms. The SMILES string of the molecule is CC(C)Cn1ccnc(NC2CCS(=O)CC2)c1=O. The van der Waals surface area contributed by atoms with Gasteiger partial charge in [-0.3, -0.25) is 9.00 Å². The quantitative estimate of drug-likeness (QED) is 0.902. The first-order valence-electron chi connectivity index (χ1n) is 6.73. The van der Waals surface area contributed by atoms with Gasteiger partial charge in [0.25, 0.3) is 5.56 Å². The molecular formula is C13H21N3O2S. The Kier molecular flexibility index (Phi) is 4.74. The lowest BCUT2D eigenvalue weighted by molar-refractivity contribution is 0.508. The minimum atomic E-state index is -0.680. The van der Waals surface area contributed by atoms with E-state index in [4.69, 9.17) is 0 Å². The van der Waals surface area contributed by atoms with Crippen LogP contribution in [-0.4, -0.2) is 31.3 Å². The summed E-state index contributed by atoms with van der Waals surface area (Å²) < 4.78 is 13.0. The zero-order valence-corrected chi connectivity index (χ0v) is 12.3.